The Morgan fingerprint density at radius 2 is 2.35 bits per heavy atom. The zero-order valence-electron chi connectivity index (χ0n) is 9.74. The lowest BCUT2D eigenvalue weighted by molar-refractivity contribution is -0.128. The van der Waals surface area contributed by atoms with Crippen LogP contribution in [0.1, 0.15) is 12.5 Å². The fraction of sp³-hybridized carbons (Fsp3) is 0.417. The summed E-state index contributed by atoms with van der Waals surface area (Å²) >= 11 is 0. The number of nitrogens with one attached hydrogen (secondary N) is 1. The highest BCUT2D eigenvalue weighted by molar-refractivity contribution is 5.81. The molecule has 1 aliphatic rings. The average Bonchev–Trinajstić information content (AvgIpc) is 2.31. The summed E-state index contributed by atoms with van der Waals surface area (Å²) in [6.45, 7) is 3.55. The molecular formula is C12H16FN3O. The molecule has 1 aromatic carbocycles. The molecule has 1 fully saturated rings. The molecule has 2 rings (SSSR count). The van der Waals surface area contributed by atoms with Crippen molar-refractivity contribution in [3.63, 3.8) is 0 Å². The standard InChI is InChI=1S/C12H16FN3O/c1-8-12(17)15-5-6-16(8)7-9-3-2-4-10(14)11(9)13/h2-4,8H,5-7,14H2,1H3,(H,15,17). The Bertz CT molecular complexity index is 436. The van der Waals surface area contributed by atoms with Gasteiger partial charge in [-0.25, -0.2) is 4.39 Å². The van der Waals surface area contributed by atoms with E-state index in [1.165, 1.54) is 6.07 Å². The fourth-order valence-corrected chi connectivity index (χ4v) is 1.99. The maximum Gasteiger partial charge on any atom is 0.237 e. The summed E-state index contributed by atoms with van der Waals surface area (Å²) in [5, 5.41) is 2.77. The van der Waals surface area contributed by atoms with Crippen LogP contribution in [0.15, 0.2) is 18.2 Å². The van der Waals surface area contributed by atoms with Crippen molar-refractivity contribution >= 4 is 11.6 Å². The maximum absolute atomic E-state index is 13.7. The number of benzene rings is 1. The van der Waals surface area contributed by atoms with E-state index >= 15 is 0 Å². The molecule has 5 heteroatoms. The molecule has 1 unspecified atom stereocenters. The Morgan fingerprint density at radius 1 is 1.59 bits per heavy atom. The number of piperazine rings is 1. The van der Waals surface area contributed by atoms with Gasteiger partial charge < -0.3 is 11.1 Å². The van der Waals surface area contributed by atoms with Crippen LogP contribution in [-0.2, 0) is 11.3 Å². The first kappa shape index (κ1) is 11.9. The lowest BCUT2D eigenvalue weighted by atomic mass is 10.1. The number of amides is 1. The summed E-state index contributed by atoms with van der Waals surface area (Å²) in [6, 6.07) is 4.73. The van der Waals surface area contributed by atoms with Crippen LogP contribution >= 0.6 is 0 Å². The van der Waals surface area contributed by atoms with E-state index in [1.54, 1.807) is 12.1 Å². The topological polar surface area (TPSA) is 58.4 Å². The van der Waals surface area contributed by atoms with Crippen molar-refractivity contribution in [1.82, 2.24) is 10.2 Å². The predicted octanol–water partition coefficient (Wildman–Crippen LogP) is 0.728. The van der Waals surface area contributed by atoms with Crippen LogP contribution in [-0.4, -0.2) is 29.9 Å². The van der Waals surface area contributed by atoms with Crippen LogP contribution in [0.4, 0.5) is 10.1 Å². The molecule has 4 nitrogen and oxygen atoms in total. The minimum Gasteiger partial charge on any atom is -0.396 e. The molecule has 0 radical (unpaired) electrons. The average molecular weight is 237 g/mol. The van der Waals surface area contributed by atoms with Crippen molar-refractivity contribution in [2.45, 2.75) is 19.5 Å². The third-order valence-corrected chi connectivity index (χ3v) is 3.11. The van der Waals surface area contributed by atoms with Crippen molar-refractivity contribution in [2.75, 3.05) is 18.8 Å². The van der Waals surface area contributed by atoms with Gasteiger partial charge in [-0.2, -0.15) is 0 Å². The molecule has 0 bridgehead atoms. The van der Waals surface area contributed by atoms with Crippen molar-refractivity contribution in [1.29, 1.82) is 0 Å². The van der Waals surface area contributed by atoms with E-state index in [4.69, 9.17) is 5.73 Å². The Kier molecular flexibility index (Phi) is 3.28. The van der Waals surface area contributed by atoms with Gasteiger partial charge in [0.05, 0.1) is 11.7 Å². The van der Waals surface area contributed by atoms with E-state index in [2.05, 4.69) is 5.32 Å². The Labute approximate surface area is 99.6 Å². The molecule has 0 aromatic heterocycles. The number of halogens is 1. The van der Waals surface area contributed by atoms with Gasteiger partial charge in [0.15, 0.2) is 5.82 Å². The van der Waals surface area contributed by atoms with Gasteiger partial charge in [0, 0.05) is 25.2 Å². The van der Waals surface area contributed by atoms with Gasteiger partial charge >= 0.3 is 0 Å². The van der Waals surface area contributed by atoms with Crippen LogP contribution < -0.4 is 11.1 Å². The zero-order valence-corrected chi connectivity index (χ0v) is 9.74. The van der Waals surface area contributed by atoms with Crippen LogP contribution in [0, 0.1) is 5.82 Å². The van der Waals surface area contributed by atoms with Crippen LogP contribution in [0.3, 0.4) is 0 Å². The molecular weight excluding hydrogens is 221 g/mol. The number of carbonyl (C=O) groups is 1. The molecule has 1 saturated heterocycles. The Hall–Kier alpha value is -1.62. The number of nitrogens with zero attached hydrogens (tertiary/aromatic N) is 1. The molecule has 0 spiro atoms. The Morgan fingerprint density at radius 3 is 3.12 bits per heavy atom. The molecule has 1 amide bonds. The summed E-state index contributed by atoms with van der Waals surface area (Å²) in [4.78, 5) is 13.4. The lowest BCUT2D eigenvalue weighted by Crippen LogP contribution is -2.53. The Balaban J connectivity index is 2.15. The summed E-state index contributed by atoms with van der Waals surface area (Å²) < 4.78 is 13.7. The second-order valence-electron chi connectivity index (χ2n) is 4.26. The molecule has 0 saturated carbocycles. The summed E-state index contributed by atoms with van der Waals surface area (Å²) in [5.41, 5.74) is 6.20. The van der Waals surface area contributed by atoms with Gasteiger partial charge in [-0.3, -0.25) is 9.69 Å². The van der Waals surface area contributed by atoms with Gasteiger partial charge in [0.25, 0.3) is 0 Å². The third-order valence-electron chi connectivity index (χ3n) is 3.11. The van der Waals surface area contributed by atoms with E-state index in [0.29, 0.717) is 18.7 Å². The number of anilines is 1. The van der Waals surface area contributed by atoms with E-state index < -0.39 is 0 Å². The number of nitrogens with two attached hydrogens (primary N) is 1. The van der Waals surface area contributed by atoms with Gasteiger partial charge in [0.2, 0.25) is 5.91 Å². The number of nitrogen functional groups attached to an aromatic ring is 1. The first-order valence-corrected chi connectivity index (χ1v) is 5.64. The summed E-state index contributed by atoms with van der Waals surface area (Å²) in [5.74, 6) is -0.397. The van der Waals surface area contributed by atoms with E-state index in [9.17, 15) is 9.18 Å². The van der Waals surface area contributed by atoms with Gasteiger partial charge in [-0.1, -0.05) is 12.1 Å². The molecule has 92 valence electrons. The predicted molar refractivity (Wildman–Crippen MR) is 63.7 cm³/mol. The maximum atomic E-state index is 13.7. The molecule has 1 heterocycles. The van der Waals surface area contributed by atoms with Crippen LogP contribution in [0.2, 0.25) is 0 Å². The molecule has 1 atom stereocenters. The van der Waals surface area contributed by atoms with E-state index in [-0.39, 0.29) is 23.5 Å². The monoisotopic (exact) mass is 237 g/mol. The first-order valence-electron chi connectivity index (χ1n) is 5.64. The molecule has 3 N–H and O–H groups in total. The largest absolute Gasteiger partial charge is 0.396 e. The zero-order chi connectivity index (χ0) is 12.4. The van der Waals surface area contributed by atoms with Gasteiger partial charge in [-0.05, 0) is 13.0 Å². The van der Waals surface area contributed by atoms with Gasteiger partial charge in [0.1, 0.15) is 0 Å². The van der Waals surface area contributed by atoms with Crippen molar-refractivity contribution < 1.29 is 9.18 Å². The van der Waals surface area contributed by atoms with Crippen LogP contribution in [0.25, 0.3) is 0 Å². The van der Waals surface area contributed by atoms with Crippen LogP contribution in [0.5, 0.6) is 0 Å². The van der Waals surface area contributed by atoms with Gasteiger partial charge in [-0.15, -0.1) is 0 Å². The molecule has 1 aliphatic heterocycles. The quantitative estimate of drug-likeness (QED) is 0.745. The smallest absolute Gasteiger partial charge is 0.237 e. The highest BCUT2D eigenvalue weighted by Crippen LogP contribution is 2.18. The minimum absolute atomic E-state index is 0.0134. The second kappa shape index (κ2) is 4.71. The molecule has 0 aliphatic carbocycles. The molecule has 17 heavy (non-hydrogen) atoms. The number of hydrogen-bond acceptors (Lipinski definition) is 3. The van der Waals surface area contributed by atoms with Crippen molar-refractivity contribution in [3.05, 3.63) is 29.6 Å². The number of carbonyl (C=O) groups excluding carboxylic acids is 1. The normalized spacial score (nSPS) is 21.3. The highest BCUT2D eigenvalue weighted by Gasteiger charge is 2.25. The second-order valence-corrected chi connectivity index (χ2v) is 4.26. The van der Waals surface area contributed by atoms with E-state index in [0.717, 1.165) is 6.54 Å². The summed E-state index contributed by atoms with van der Waals surface area (Å²) in [7, 11) is 0. The van der Waals surface area contributed by atoms with Crippen molar-refractivity contribution in [3.8, 4) is 0 Å². The summed E-state index contributed by atoms with van der Waals surface area (Å²) in [6.07, 6.45) is 0. The minimum atomic E-state index is -0.384. The third kappa shape index (κ3) is 2.39. The fourth-order valence-electron chi connectivity index (χ4n) is 1.99. The van der Waals surface area contributed by atoms with E-state index in [1.807, 2.05) is 11.8 Å². The molecule has 1 aromatic rings. The lowest BCUT2D eigenvalue weighted by Gasteiger charge is -2.32. The number of hydrogen-bond donors (Lipinski definition) is 2. The van der Waals surface area contributed by atoms with Crippen molar-refractivity contribution in [2.24, 2.45) is 0 Å². The highest BCUT2D eigenvalue weighted by atomic mass is 19.1. The number of rotatable bonds is 2. The SMILES string of the molecule is CC1C(=O)NCCN1Cc1cccc(N)c1F. The first-order chi connectivity index (χ1) is 8.09.